The van der Waals surface area contributed by atoms with Crippen molar-refractivity contribution in [2.45, 2.75) is 17.9 Å². The maximum absolute atomic E-state index is 13.7. The third-order valence-electron chi connectivity index (χ3n) is 5.39. The predicted octanol–water partition coefficient (Wildman–Crippen LogP) is 4.27. The van der Waals surface area contributed by atoms with Gasteiger partial charge in [0, 0.05) is 13.1 Å². The quantitative estimate of drug-likeness (QED) is 0.383. The van der Waals surface area contributed by atoms with Crippen LogP contribution in [0.5, 0.6) is 0 Å². The van der Waals surface area contributed by atoms with Crippen molar-refractivity contribution in [3.05, 3.63) is 99.8 Å². The lowest BCUT2D eigenvalue weighted by Crippen LogP contribution is -2.36. The van der Waals surface area contributed by atoms with Crippen molar-refractivity contribution in [3.8, 4) is 0 Å². The van der Waals surface area contributed by atoms with Gasteiger partial charge in [-0.2, -0.15) is 4.31 Å². The van der Waals surface area contributed by atoms with Gasteiger partial charge in [-0.25, -0.2) is 17.6 Å². The third kappa shape index (κ3) is 4.83. The summed E-state index contributed by atoms with van der Waals surface area (Å²) >= 11 is 6.18. The van der Waals surface area contributed by atoms with E-state index in [1.165, 1.54) is 34.6 Å². The number of hydrogen-bond donors (Lipinski definition) is 0. The van der Waals surface area contributed by atoms with Gasteiger partial charge in [0.05, 0.1) is 16.1 Å². The first kappa shape index (κ1) is 23.1. The van der Waals surface area contributed by atoms with Crippen molar-refractivity contribution in [1.82, 2.24) is 4.31 Å². The standard InChI is InChI=1S/C24H19ClFNO5S/c25-20-10-9-17(24(29)32-15-22(28)19-7-3-4-8-21(19)26)13-23(20)33(30,31)27-12-11-16-5-1-2-6-18(16)14-27/h1-10,13H,11-12,14-15H2. The number of carbonyl (C=O) groups excluding carboxylic acids is 2. The van der Waals surface area contributed by atoms with E-state index in [2.05, 4.69) is 0 Å². The molecule has 3 aromatic carbocycles. The lowest BCUT2D eigenvalue weighted by atomic mass is 10.0. The molecule has 0 amide bonds. The first-order chi connectivity index (χ1) is 15.8. The number of rotatable bonds is 6. The average Bonchev–Trinajstić information content (AvgIpc) is 2.82. The number of sulfonamides is 1. The van der Waals surface area contributed by atoms with Crippen LogP contribution in [0.15, 0.2) is 71.6 Å². The van der Waals surface area contributed by atoms with Crippen LogP contribution in [0.2, 0.25) is 5.02 Å². The molecular formula is C24H19ClFNO5S. The van der Waals surface area contributed by atoms with E-state index in [0.29, 0.717) is 6.42 Å². The molecule has 3 aromatic rings. The van der Waals surface area contributed by atoms with Crippen LogP contribution in [0.4, 0.5) is 4.39 Å². The molecule has 170 valence electrons. The van der Waals surface area contributed by atoms with Gasteiger partial charge < -0.3 is 4.74 Å². The lowest BCUT2D eigenvalue weighted by Gasteiger charge is -2.28. The average molecular weight is 488 g/mol. The summed E-state index contributed by atoms with van der Waals surface area (Å²) in [7, 11) is -3.99. The van der Waals surface area contributed by atoms with Crippen LogP contribution in [0, 0.1) is 5.82 Å². The third-order valence-corrected chi connectivity index (χ3v) is 7.72. The number of benzene rings is 3. The second-order valence-electron chi connectivity index (χ2n) is 7.48. The van der Waals surface area contributed by atoms with E-state index in [4.69, 9.17) is 16.3 Å². The Hall–Kier alpha value is -3.07. The van der Waals surface area contributed by atoms with Crippen molar-refractivity contribution in [1.29, 1.82) is 0 Å². The zero-order valence-corrected chi connectivity index (χ0v) is 18.9. The number of ether oxygens (including phenoxy) is 1. The lowest BCUT2D eigenvalue weighted by molar-refractivity contribution is 0.0473. The van der Waals surface area contributed by atoms with Crippen molar-refractivity contribution >= 4 is 33.4 Å². The minimum atomic E-state index is -3.99. The van der Waals surface area contributed by atoms with Crippen LogP contribution in [0.25, 0.3) is 0 Å². The molecule has 1 aliphatic rings. The molecule has 1 aliphatic heterocycles. The van der Waals surface area contributed by atoms with Crippen LogP contribution in [0.3, 0.4) is 0 Å². The fourth-order valence-electron chi connectivity index (χ4n) is 3.62. The number of ketones is 1. The SMILES string of the molecule is O=C(OCC(=O)c1ccccc1F)c1ccc(Cl)c(S(=O)(=O)N2CCc3ccccc3C2)c1. The molecule has 0 radical (unpaired) electrons. The molecule has 6 nitrogen and oxygen atoms in total. The molecule has 0 saturated heterocycles. The molecule has 0 aliphatic carbocycles. The van der Waals surface area contributed by atoms with E-state index in [1.54, 1.807) is 0 Å². The highest BCUT2D eigenvalue weighted by Gasteiger charge is 2.30. The first-order valence-corrected chi connectivity index (χ1v) is 11.9. The van der Waals surface area contributed by atoms with Gasteiger partial charge in [-0.15, -0.1) is 0 Å². The Kier molecular flexibility index (Phi) is 6.60. The van der Waals surface area contributed by atoms with Gasteiger partial charge in [0.25, 0.3) is 0 Å². The molecule has 0 spiro atoms. The molecule has 1 heterocycles. The highest BCUT2D eigenvalue weighted by Crippen LogP contribution is 2.30. The number of fused-ring (bicyclic) bond motifs is 1. The van der Waals surface area contributed by atoms with Crippen molar-refractivity contribution < 1.29 is 27.1 Å². The monoisotopic (exact) mass is 487 g/mol. The fourth-order valence-corrected chi connectivity index (χ4v) is 5.54. The van der Waals surface area contributed by atoms with E-state index >= 15 is 0 Å². The Morgan fingerprint density at radius 1 is 1.00 bits per heavy atom. The smallest absolute Gasteiger partial charge is 0.338 e. The topological polar surface area (TPSA) is 80.8 Å². The molecule has 0 unspecified atom stereocenters. The molecule has 0 aromatic heterocycles. The normalized spacial score (nSPS) is 13.9. The largest absolute Gasteiger partial charge is 0.454 e. The highest BCUT2D eigenvalue weighted by molar-refractivity contribution is 7.89. The number of halogens is 2. The Morgan fingerprint density at radius 3 is 2.45 bits per heavy atom. The minimum Gasteiger partial charge on any atom is -0.454 e. The van der Waals surface area contributed by atoms with Gasteiger partial charge in [-0.1, -0.05) is 48.0 Å². The molecular weight excluding hydrogens is 469 g/mol. The van der Waals surface area contributed by atoms with E-state index < -0.39 is 34.2 Å². The van der Waals surface area contributed by atoms with Crippen molar-refractivity contribution in [3.63, 3.8) is 0 Å². The van der Waals surface area contributed by atoms with Gasteiger partial charge >= 0.3 is 5.97 Å². The van der Waals surface area contributed by atoms with Gasteiger partial charge in [-0.05, 0) is 47.9 Å². The molecule has 0 fully saturated rings. The molecule has 9 heteroatoms. The zero-order chi connectivity index (χ0) is 23.6. The summed E-state index contributed by atoms with van der Waals surface area (Å²) in [5.41, 5.74) is 1.71. The zero-order valence-electron chi connectivity index (χ0n) is 17.3. The van der Waals surface area contributed by atoms with Crippen LogP contribution < -0.4 is 0 Å². The summed E-state index contributed by atoms with van der Waals surface area (Å²) in [6.07, 6.45) is 0.562. The van der Waals surface area contributed by atoms with Gasteiger partial charge in [0.1, 0.15) is 10.7 Å². The van der Waals surface area contributed by atoms with Crippen LogP contribution >= 0.6 is 11.6 Å². The van der Waals surface area contributed by atoms with E-state index in [0.717, 1.165) is 23.3 Å². The van der Waals surface area contributed by atoms with Crippen molar-refractivity contribution in [2.24, 2.45) is 0 Å². The molecule has 33 heavy (non-hydrogen) atoms. The molecule has 0 bridgehead atoms. The predicted molar refractivity (Wildman–Crippen MR) is 120 cm³/mol. The summed E-state index contributed by atoms with van der Waals surface area (Å²) in [5.74, 6) is -2.35. The number of carbonyl (C=O) groups is 2. The van der Waals surface area contributed by atoms with Crippen LogP contribution in [-0.2, 0) is 27.7 Å². The molecule has 4 rings (SSSR count). The second-order valence-corrected chi connectivity index (χ2v) is 9.80. The van der Waals surface area contributed by atoms with Crippen LogP contribution in [0.1, 0.15) is 31.8 Å². The first-order valence-electron chi connectivity index (χ1n) is 10.1. The van der Waals surface area contributed by atoms with E-state index in [9.17, 15) is 22.4 Å². The number of esters is 1. The number of nitrogens with zero attached hydrogens (tertiary/aromatic N) is 1. The van der Waals surface area contributed by atoms with Crippen molar-refractivity contribution in [2.75, 3.05) is 13.2 Å². The van der Waals surface area contributed by atoms with E-state index in [1.807, 2.05) is 24.3 Å². The minimum absolute atomic E-state index is 0.0344. The Morgan fingerprint density at radius 2 is 1.70 bits per heavy atom. The molecule has 0 atom stereocenters. The summed E-state index contributed by atoms with van der Waals surface area (Å²) in [6.45, 7) is -0.213. The summed E-state index contributed by atoms with van der Waals surface area (Å²) in [5, 5.41) is -0.0344. The Bertz CT molecular complexity index is 1340. The molecule has 0 N–H and O–H groups in total. The fraction of sp³-hybridized carbons (Fsp3) is 0.167. The summed E-state index contributed by atoms with van der Waals surface area (Å²) in [4.78, 5) is 24.4. The summed E-state index contributed by atoms with van der Waals surface area (Å²) < 4.78 is 46.6. The number of hydrogen-bond acceptors (Lipinski definition) is 5. The highest BCUT2D eigenvalue weighted by atomic mass is 35.5. The van der Waals surface area contributed by atoms with Gasteiger partial charge in [-0.3, -0.25) is 4.79 Å². The maximum atomic E-state index is 13.7. The van der Waals surface area contributed by atoms with Gasteiger partial charge in [0.15, 0.2) is 6.61 Å². The Labute approximate surface area is 195 Å². The second kappa shape index (κ2) is 9.43. The van der Waals surface area contributed by atoms with Gasteiger partial charge in [0.2, 0.25) is 15.8 Å². The maximum Gasteiger partial charge on any atom is 0.338 e. The summed E-state index contributed by atoms with van der Waals surface area (Å²) in [6, 6.07) is 16.7. The number of Topliss-reactive ketones (excluding diaryl/α,β-unsaturated/α-hetero) is 1. The van der Waals surface area contributed by atoms with Crippen LogP contribution in [-0.4, -0.2) is 37.6 Å². The Balaban J connectivity index is 1.52. The molecule has 0 saturated carbocycles. The van der Waals surface area contributed by atoms with E-state index in [-0.39, 0.29) is 34.1 Å².